The second-order valence-corrected chi connectivity index (χ2v) is 7.35. The minimum atomic E-state index is -4.43. The zero-order valence-corrected chi connectivity index (χ0v) is 17.1. The molecule has 0 aliphatic heterocycles. The Labute approximate surface area is 185 Å². The molecule has 0 bridgehead atoms. The molecule has 9 heteroatoms. The van der Waals surface area contributed by atoms with E-state index in [9.17, 15) is 31.1 Å². The van der Waals surface area contributed by atoms with Gasteiger partial charge in [0.05, 0.1) is 5.56 Å². The van der Waals surface area contributed by atoms with E-state index >= 15 is 0 Å². The molecule has 0 spiro atoms. The summed E-state index contributed by atoms with van der Waals surface area (Å²) in [6.45, 7) is 0. The lowest BCUT2D eigenvalue weighted by Gasteiger charge is -2.21. The molecule has 1 amide bonds. The maximum Gasteiger partial charge on any atom is 0.416 e. The molecule has 0 saturated heterocycles. The zero-order chi connectivity index (χ0) is 24.2. The van der Waals surface area contributed by atoms with Gasteiger partial charge in [0.2, 0.25) is 5.91 Å². The third-order valence-electron chi connectivity index (χ3n) is 4.94. The zero-order valence-electron chi connectivity index (χ0n) is 17.1. The number of carbonyl (C=O) groups is 1. The monoisotopic (exact) mass is 467 g/mol. The number of carbonyl (C=O) groups excluding carboxylic acids is 1. The molecule has 0 heterocycles. The molecule has 0 aromatic heterocycles. The molecular weight excluding hydrogens is 448 g/mol. The van der Waals surface area contributed by atoms with Crippen molar-refractivity contribution in [2.24, 2.45) is 5.73 Å². The number of ether oxygens (including phenoxy) is 1. The molecule has 0 aliphatic rings. The van der Waals surface area contributed by atoms with Crippen LogP contribution in [0.15, 0.2) is 72.8 Å². The van der Waals surface area contributed by atoms with Crippen LogP contribution in [0.3, 0.4) is 0 Å². The summed E-state index contributed by atoms with van der Waals surface area (Å²) in [7, 11) is 0. The first-order valence-corrected chi connectivity index (χ1v) is 9.83. The Bertz CT molecular complexity index is 1070. The first-order valence-electron chi connectivity index (χ1n) is 9.83. The summed E-state index contributed by atoms with van der Waals surface area (Å²) in [6, 6.07) is 16.7. The number of amides is 1. The van der Waals surface area contributed by atoms with E-state index in [0.717, 1.165) is 12.1 Å². The summed E-state index contributed by atoms with van der Waals surface area (Å²) in [5, 5.41) is 0. The Hall–Kier alpha value is -3.49. The Kier molecular flexibility index (Phi) is 7.00. The highest BCUT2D eigenvalue weighted by Gasteiger charge is 2.30. The van der Waals surface area contributed by atoms with Crippen molar-refractivity contribution >= 4 is 5.91 Å². The van der Waals surface area contributed by atoms with E-state index in [0.29, 0.717) is 16.7 Å². The number of benzene rings is 3. The first kappa shape index (κ1) is 24.2. The van der Waals surface area contributed by atoms with Crippen LogP contribution >= 0.6 is 0 Å². The molecule has 3 rings (SSSR count). The molecule has 2 N–H and O–H groups in total. The third-order valence-corrected chi connectivity index (χ3v) is 4.94. The third kappa shape index (κ3) is 6.74. The predicted octanol–water partition coefficient (Wildman–Crippen LogP) is 6.93. The highest BCUT2D eigenvalue weighted by molar-refractivity contribution is 5.92. The molecule has 174 valence electrons. The lowest BCUT2D eigenvalue weighted by Crippen LogP contribution is -2.15. The van der Waals surface area contributed by atoms with Crippen molar-refractivity contribution in [2.45, 2.75) is 31.3 Å². The minimum absolute atomic E-state index is 0.217. The number of rotatable bonds is 7. The molecular formula is C24H19F6NO2. The van der Waals surface area contributed by atoms with Gasteiger partial charge in [-0.25, -0.2) is 0 Å². The Morgan fingerprint density at radius 2 is 1.30 bits per heavy atom. The number of alkyl halides is 6. The first-order chi connectivity index (χ1) is 15.4. The van der Waals surface area contributed by atoms with Gasteiger partial charge in [0.25, 0.3) is 0 Å². The number of nitrogens with two attached hydrogens (primary N) is 1. The van der Waals surface area contributed by atoms with Crippen molar-refractivity contribution in [3.8, 4) is 16.9 Å². The number of primary amides is 1. The molecule has 3 nitrogen and oxygen atoms in total. The smallest absolute Gasteiger partial charge is 0.416 e. The average Bonchev–Trinajstić information content (AvgIpc) is 2.76. The summed E-state index contributed by atoms with van der Waals surface area (Å²) >= 11 is 0. The van der Waals surface area contributed by atoms with Gasteiger partial charge in [0, 0.05) is 12.0 Å². The van der Waals surface area contributed by atoms with E-state index in [1.807, 2.05) is 0 Å². The van der Waals surface area contributed by atoms with Crippen LogP contribution in [0.5, 0.6) is 5.75 Å². The van der Waals surface area contributed by atoms with Crippen LogP contribution in [0.2, 0.25) is 0 Å². The maximum absolute atomic E-state index is 12.8. The van der Waals surface area contributed by atoms with E-state index in [1.54, 1.807) is 12.1 Å². The van der Waals surface area contributed by atoms with E-state index in [1.165, 1.54) is 48.5 Å². The molecule has 0 saturated carbocycles. The van der Waals surface area contributed by atoms with Crippen molar-refractivity contribution in [3.05, 3.63) is 89.5 Å². The second-order valence-electron chi connectivity index (χ2n) is 7.35. The number of hydrogen-bond acceptors (Lipinski definition) is 2. The van der Waals surface area contributed by atoms with Gasteiger partial charge in [-0.1, -0.05) is 36.4 Å². The lowest BCUT2D eigenvalue weighted by molar-refractivity contribution is -0.139. The van der Waals surface area contributed by atoms with Crippen LogP contribution in [0.25, 0.3) is 11.1 Å². The van der Waals surface area contributed by atoms with Gasteiger partial charge in [0.1, 0.15) is 11.9 Å². The van der Waals surface area contributed by atoms with Gasteiger partial charge in [-0.2, -0.15) is 26.3 Å². The lowest BCUT2D eigenvalue weighted by atomic mass is 10.0. The molecule has 1 atom stereocenters. The van der Waals surface area contributed by atoms with Crippen LogP contribution in [0, 0.1) is 0 Å². The topological polar surface area (TPSA) is 52.3 Å². The van der Waals surface area contributed by atoms with Crippen LogP contribution < -0.4 is 10.5 Å². The van der Waals surface area contributed by atoms with Crippen molar-refractivity contribution in [1.82, 2.24) is 0 Å². The highest BCUT2D eigenvalue weighted by atomic mass is 19.4. The Morgan fingerprint density at radius 1 is 0.788 bits per heavy atom. The van der Waals surface area contributed by atoms with Crippen LogP contribution in [0.1, 0.15) is 40.4 Å². The summed E-state index contributed by atoms with van der Waals surface area (Å²) in [5.74, 6) is -0.370. The summed E-state index contributed by atoms with van der Waals surface area (Å²) < 4.78 is 82.3. The minimum Gasteiger partial charge on any atom is -0.486 e. The number of halogens is 6. The van der Waals surface area contributed by atoms with Gasteiger partial charge in [-0.05, 0) is 59.5 Å². The van der Waals surface area contributed by atoms with Gasteiger partial charge < -0.3 is 10.5 Å². The molecule has 0 radical (unpaired) electrons. The summed E-state index contributed by atoms with van der Waals surface area (Å²) in [4.78, 5) is 11.2. The quantitative estimate of drug-likeness (QED) is 0.383. The molecule has 1 unspecified atom stereocenters. The average molecular weight is 467 g/mol. The van der Waals surface area contributed by atoms with E-state index in [-0.39, 0.29) is 17.7 Å². The van der Waals surface area contributed by atoms with Crippen molar-refractivity contribution in [3.63, 3.8) is 0 Å². The van der Waals surface area contributed by atoms with Crippen LogP contribution in [0.4, 0.5) is 26.3 Å². The van der Waals surface area contributed by atoms with Gasteiger partial charge in [0.15, 0.2) is 0 Å². The molecule has 3 aromatic rings. The molecule has 3 aromatic carbocycles. The molecule has 33 heavy (non-hydrogen) atoms. The highest BCUT2D eigenvalue weighted by Crippen LogP contribution is 2.34. The van der Waals surface area contributed by atoms with E-state index in [4.69, 9.17) is 10.5 Å². The normalized spacial score (nSPS) is 12.9. The van der Waals surface area contributed by atoms with Crippen LogP contribution in [-0.2, 0) is 6.18 Å². The Balaban J connectivity index is 1.78. The predicted molar refractivity (Wildman–Crippen MR) is 110 cm³/mol. The maximum atomic E-state index is 12.8. The van der Waals surface area contributed by atoms with Gasteiger partial charge >= 0.3 is 12.4 Å². The second kappa shape index (κ2) is 9.56. The fourth-order valence-electron chi connectivity index (χ4n) is 3.19. The standard InChI is InChI=1S/C24H19F6NO2/c25-23(26,27)14-13-21(17-1-3-18(4-2-17)22(31)32)33-20-11-7-16(8-12-20)15-5-9-19(10-6-15)24(28,29)30/h1-12,21H,13-14H2,(H2,31,32). The Morgan fingerprint density at radius 3 is 1.76 bits per heavy atom. The summed E-state index contributed by atoms with van der Waals surface area (Å²) in [6.07, 6.45) is -11.2. The van der Waals surface area contributed by atoms with E-state index in [2.05, 4.69) is 0 Å². The SMILES string of the molecule is NC(=O)c1ccc(C(CCC(F)(F)F)Oc2ccc(-c3ccc(C(F)(F)F)cc3)cc2)cc1. The molecule has 0 fully saturated rings. The number of hydrogen-bond donors (Lipinski definition) is 1. The van der Waals surface area contributed by atoms with Crippen molar-refractivity contribution < 1.29 is 35.9 Å². The van der Waals surface area contributed by atoms with E-state index < -0.39 is 36.3 Å². The van der Waals surface area contributed by atoms with Crippen molar-refractivity contribution in [1.29, 1.82) is 0 Å². The van der Waals surface area contributed by atoms with Crippen molar-refractivity contribution in [2.75, 3.05) is 0 Å². The fourth-order valence-corrected chi connectivity index (χ4v) is 3.19. The summed E-state index contributed by atoms with van der Waals surface area (Å²) in [5.41, 5.74) is 6.26. The largest absolute Gasteiger partial charge is 0.486 e. The van der Waals surface area contributed by atoms with Gasteiger partial charge in [-0.15, -0.1) is 0 Å². The van der Waals surface area contributed by atoms with Crippen LogP contribution in [-0.4, -0.2) is 12.1 Å². The fraction of sp³-hybridized carbons (Fsp3) is 0.208. The molecule has 0 aliphatic carbocycles. The van der Waals surface area contributed by atoms with Gasteiger partial charge in [-0.3, -0.25) is 4.79 Å².